The molecule has 2 heterocycles. The van der Waals surface area contributed by atoms with Gasteiger partial charge in [0.2, 0.25) is 5.91 Å². The van der Waals surface area contributed by atoms with Crippen LogP contribution in [-0.4, -0.2) is 31.6 Å². The van der Waals surface area contributed by atoms with Gasteiger partial charge in [0, 0.05) is 12.6 Å². The minimum atomic E-state index is -0.265. The second-order valence-electron chi connectivity index (χ2n) is 6.25. The number of amides is 1. The molecule has 5 nitrogen and oxygen atoms in total. The first-order valence-electron chi connectivity index (χ1n) is 7.90. The molecule has 4 unspecified atom stereocenters. The highest BCUT2D eigenvalue weighted by molar-refractivity contribution is 5.80. The van der Waals surface area contributed by atoms with Crippen molar-refractivity contribution < 1.29 is 9.18 Å². The Kier molecular flexibility index (Phi) is 4.71. The SMILES string of the molecule is CC1CNCCC1NC(=O)C1CNNC1c1ccc(F)cc1. The number of carbonyl (C=O) groups excluding carboxylic acids is 1. The summed E-state index contributed by atoms with van der Waals surface area (Å²) in [5, 5.41) is 6.52. The van der Waals surface area contributed by atoms with Crippen molar-refractivity contribution in [3.05, 3.63) is 35.6 Å². The van der Waals surface area contributed by atoms with E-state index in [-0.39, 0.29) is 29.7 Å². The van der Waals surface area contributed by atoms with E-state index in [2.05, 4.69) is 28.4 Å². The molecule has 1 aromatic rings. The van der Waals surface area contributed by atoms with E-state index in [4.69, 9.17) is 0 Å². The average molecular weight is 306 g/mol. The van der Waals surface area contributed by atoms with Crippen LogP contribution in [0.1, 0.15) is 24.9 Å². The van der Waals surface area contributed by atoms with E-state index in [1.54, 1.807) is 12.1 Å². The van der Waals surface area contributed by atoms with E-state index in [0.717, 1.165) is 25.1 Å². The zero-order valence-corrected chi connectivity index (χ0v) is 12.7. The number of benzene rings is 1. The molecule has 2 saturated heterocycles. The highest BCUT2D eigenvalue weighted by atomic mass is 19.1. The summed E-state index contributed by atoms with van der Waals surface area (Å²) in [5.41, 5.74) is 7.10. The Morgan fingerprint density at radius 1 is 1.27 bits per heavy atom. The first kappa shape index (κ1) is 15.4. The summed E-state index contributed by atoms with van der Waals surface area (Å²) >= 11 is 0. The number of piperidine rings is 1. The van der Waals surface area contributed by atoms with Crippen molar-refractivity contribution in [3.63, 3.8) is 0 Å². The largest absolute Gasteiger partial charge is 0.353 e. The van der Waals surface area contributed by atoms with Gasteiger partial charge in [-0.1, -0.05) is 19.1 Å². The molecule has 0 bridgehead atoms. The molecule has 4 N–H and O–H groups in total. The summed E-state index contributed by atoms with van der Waals surface area (Å²) < 4.78 is 13.1. The van der Waals surface area contributed by atoms with Crippen LogP contribution in [0.15, 0.2) is 24.3 Å². The van der Waals surface area contributed by atoms with E-state index in [1.165, 1.54) is 12.1 Å². The first-order chi connectivity index (χ1) is 10.6. The van der Waals surface area contributed by atoms with E-state index in [0.29, 0.717) is 12.5 Å². The third kappa shape index (κ3) is 3.29. The van der Waals surface area contributed by atoms with Crippen molar-refractivity contribution in [2.45, 2.75) is 25.4 Å². The molecule has 0 aliphatic carbocycles. The maximum absolute atomic E-state index is 13.1. The van der Waals surface area contributed by atoms with Gasteiger partial charge in [0.05, 0.1) is 12.0 Å². The van der Waals surface area contributed by atoms with Crippen LogP contribution in [0, 0.1) is 17.7 Å². The predicted molar refractivity (Wildman–Crippen MR) is 82.4 cm³/mol. The maximum atomic E-state index is 13.1. The summed E-state index contributed by atoms with van der Waals surface area (Å²) in [6.07, 6.45) is 0.960. The van der Waals surface area contributed by atoms with Gasteiger partial charge < -0.3 is 10.6 Å². The van der Waals surface area contributed by atoms with Crippen molar-refractivity contribution in [2.24, 2.45) is 11.8 Å². The molecule has 2 aliphatic rings. The molecule has 6 heteroatoms. The smallest absolute Gasteiger partial charge is 0.226 e. The van der Waals surface area contributed by atoms with Crippen LogP contribution in [0.3, 0.4) is 0 Å². The molecule has 120 valence electrons. The van der Waals surface area contributed by atoms with E-state index < -0.39 is 0 Å². The molecule has 1 amide bonds. The van der Waals surface area contributed by atoms with Crippen molar-refractivity contribution in [2.75, 3.05) is 19.6 Å². The highest BCUT2D eigenvalue weighted by Gasteiger charge is 2.35. The molecule has 0 spiro atoms. The standard InChI is InChI=1S/C16H23FN4O/c1-10-8-18-7-6-14(10)20-16(22)13-9-19-21-15(13)11-2-4-12(17)5-3-11/h2-5,10,13-15,18-19,21H,6-9H2,1H3,(H,20,22). The molecule has 1 aromatic carbocycles. The lowest BCUT2D eigenvalue weighted by atomic mass is 9.91. The summed E-state index contributed by atoms with van der Waals surface area (Å²) in [5.74, 6) is 0.0432. The maximum Gasteiger partial charge on any atom is 0.226 e. The molecule has 0 radical (unpaired) electrons. The molecule has 4 atom stereocenters. The third-order valence-electron chi connectivity index (χ3n) is 4.66. The quantitative estimate of drug-likeness (QED) is 0.664. The Balaban J connectivity index is 1.67. The van der Waals surface area contributed by atoms with Gasteiger partial charge >= 0.3 is 0 Å². The average Bonchev–Trinajstić information content (AvgIpc) is 3.00. The fourth-order valence-electron chi connectivity index (χ4n) is 3.25. The summed E-state index contributed by atoms with van der Waals surface area (Å²) in [6.45, 7) is 4.61. The lowest BCUT2D eigenvalue weighted by Gasteiger charge is -2.31. The summed E-state index contributed by atoms with van der Waals surface area (Å²) in [7, 11) is 0. The van der Waals surface area contributed by atoms with Crippen LogP contribution in [0.2, 0.25) is 0 Å². The Morgan fingerprint density at radius 3 is 2.77 bits per heavy atom. The normalized spacial score (nSPS) is 31.9. The number of rotatable bonds is 3. The van der Waals surface area contributed by atoms with Crippen molar-refractivity contribution >= 4 is 5.91 Å². The zero-order chi connectivity index (χ0) is 15.5. The number of hydrogen-bond acceptors (Lipinski definition) is 4. The molecule has 0 aromatic heterocycles. The van der Waals surface area contributed by atoms with Crippen LogP contribution in [0.4, 0.5) is 4.39 Å². The molecule has 2 aliphatic heterocycles. The van der Waals surface area contributed by atoms with Crippen LogP contribution < -0.4 is 21.5 Å². The summed E-state index contributed by atoms with van der Waals surface area (Å²) in [4.78, 5) is 12.6. The lowest BCUT2D eigenvalue weighted by Crippen LogP contribution is -2.50. The van der Waals surface area contributed by atoms with Crippen LogP contribution in [0.25, 0.3) is 0 Å². The van der Waals surface area contributed by atoms with Gasteiger partial charge in [-0.15, -0.1) is 0 Å². The van der Waals surface area contributed by atoms with E-state index >= 15 is 0 Å². The fourth-order valence-corrected chi connectivity index (χ4v) is 3.25. The van der Waals surface area contributed by atoms with Gasteiger partial charge in [-0.2, -0.15) is 0 Å². The van der Waals surface area contributed by atoms with Crippen LogP contribution in [0.5, 0.6) is 0 Å². The van der Waals surface area contributed by atoms with Gasteiger partial charge in [-0.25, -0.2) is 9.82 Å². The Morgan fingerprint density at radius 2 is 2.05 bits per heavy atom. The molecular formula is C16H23FN4O. The molecular weight excluding hydrogens is 283 g/mol. The number of carbonyl (C=O) groups is 1. The fraction of sp³-hybridized carbons (Fsp3) is 0.562. The van der Waals surface area contributed by atoms with Gasteiger partial charge in [0.1, 0.15) is 5.82 Å². The van der Waals surface area contributed by atoms with Crippen LogP contribution in [-0.2, 0) is 4.79 Å². The number of hydrogen-bond donors (Lipinski definition) is 4. The van der Waals surface area contributed by atoms with E-state index in [9.17, 15) is 9.18 Å². The van der Waals surface area contributed by atoms with Crippen molar-refractivity contribution in [1.82, 2.24) is 21.5 Å². The Hall–Kier alpha value is -1.50. The lowest BCUT2D eigenvalue weighted by molar-refractivity contribution is -0.126. The van der Waals surface area contributed by atoms with Crippen LogP contribution >= 0.6 is 0 Å². The Labute approximate surface area is 130 Å². The highest BCUT2D eigenvalue weighted by Crippen LogP contribution is 2.26. The van der Waals surface area contributed by atoms with E-state index in [1.807, 2.05) is 0 Å². The second-order valence-corrected chi connectivity index (χ2v) is 6.25. The minimum absolute atomic E-state index is 0.0607. The van der Waals surface area contributed by atoms with Crippen molar-refractivity contribution in [1.29, 1.82) is 0 Å². The third-order valence-corrected chi connectivity index (χ3v) is 4.66. The number of nitrogens with one attached hydrogen (secondary N) is 4. The Bertz CT molecular complexity index is 521. The van der Waals surface area contributed by atoms with Gasteiger partial charge in [0.15, 0.2) is 0 Å². The topological polar surface area (TPSA) is 65.2 Å². The monoisotopic (exact) mass is 306 g/mol. The predicted octanol–water partition coefficient (Wildman–Crippen LogP) is 0.705. The molecule has 3 rings (SSSR count). The zero-order valence-electron chi connectivity index (χ0n) is 12.7. The number of halogens is 1. The van der Waals surface area contributed by atoms with Gasteiger partial charge in [0.25, 0.3) is 0 Å². The molecule has 0 saturated carbocycles. The molecule has 2 fully saturated rings. The first-order valence-corrected chi connectivity index (χ1v) is 7.90. The number of hydrazine groups is 1. The van der Waals surface area contributed by atoms with Gasteiger partial charge in [-0.05, 0) is 43.1 Å². The minimum Gasteiger partial charge on any atom is -0.353 e. The van der Waals surface area contributed by atoms with Crippen molar-refractivity contribution in [3.8, 4) is 0 Å². The second kappa shape index (κ2) is 6.73. The van der Waals surface area contributed by atoms with Gasteiger partial charge in [-0.3, -0.25) is 10.2 Å². The summed E-state index contributed by atoms with van der Waals surface area (Å²) in [6, 6.07) is 6.42. The molecule has 22 heavy (non-hydrogen) atoms.